The zero-order valence-corrected chi connectivity index (χ0v) is 14.5. The first-order valence-corrected chi connectivity index (χ1v) is 7.81. The van der Waals surface area contributed by atoms with Crippen molar-refractivity contribution < 1.29 is 0 Å². The highest BCUT2D eigenvalue weighted by molar-refractivity contribution is 5.45. The van der Waals surface area contributed by atoms with E-state index in [2.05, 4.69) is 70.5 Å². The summed E-state index contributed by atoms with van der Waals surface area (Å²) in [5, 5.41) is 3.50. The first-order valence-electron chi connectivity index (χ1n) is 7.81. The van der Waals surface area contributed by atoms with E-state index in [-0.39, 0.29) is 5.54 Å². The van der Waals surface area contributed by atoms with Gasteiger partial charge in [0.15, 0.2) is 0 Å². The molecule has 1 heterocycles. The van der Waals surface area contributed by atoms with Gasteiger partial charge in [-0.2, -0.15) is 0 Å². The normalized spacial score (nSPS) is 11.8. The summed E-state index contributed by atoms with van der Waals surface area (Å²) in [6.07, 6.45) is 1.94. The molecule has 0 radical (unpaired) electrons. The van der Waals surface area contributed by atoms with E-state index in [0.29, 0.717) is 5.92 Å². The lowest BCUT2D eigenvalue weighted by atomic mass is 10.1. The van der Waals surface area contributed by atoms with Crippen molar-refractivity contribution in [3.8, 4) is 0 Å². The summed E-state index contributed by atoms with van der Waals surface area (Å²) in [7, 11) is 0. The Morgan fingerprint density at radius 2 is 2.00 bits per heavy atom. The lowest BCUT2D eigenvalue weighted by Crippen LogP contribution is -2.42. The number of aromatic nitrogens is 1. The van der Waals surface area contributed by atoms with E-state index in [1.807, 2.05) is 6.08 Å². The summed E-state index contributed by atoms with van der Waals surface area (Å²) >= 11 is 0. The van der Waals surface area contributed by atoms with Gasteiger partial charge in [0, 0.05) is 24.3 Å². The Morgan fingerprint density at radius 3 is 2.52 bits per heavy atom. The van der Waals surface area contributed by atoms with Gasteiger partial charge in [0.25, 0.3) is 0 Å². The Kier molecular flexibility index (Phi) is 6.41. The van der Waals surface area contributed by atoms with Gasteiger partial charge in [-0.25, -0.2) is 4.98 Å². The monoisotopic (exact) mass is 289 g/mol. The highest BCUT2D eigenvalue weighted by Gasteiger charge is 2.22. The van der Waals surface area contributed by atoms with Crippen molar-refractivity contribution >= 4 is 5.82 Å². The first-order chi connectivity index (χ1) is 9.74. The van der Waals surface area contributed by atoms with Crippen LogP contribution in [0.1, 0.15) is 45.9 Å². The number of pyridine rings is 1. The zero-order chi connectivity index (χ0) is 16.0. The van der Waals surface area contributed by atoms with Crippen molar-refractivity contribution in [3.63, 3.8) is 0 Å². The number of nitrogens with one attached hydrogen (secondary N) is 1. The third-order valence-electron chi connectivity index (χ3n) is 3.28. The van der Waals surface area contributed by atoms with E-state index in [4.69, 9.17) is 4.98 Å². The fourth-order valence-corrected chi connectivity index (χ4v) is 2.31. The maximum absolute atomic E-state index is 4.71. The van der Waals surface area contributed by atoms with E-state index in [1.165, 1.54) is 5.56 Å². The van der Waals surface area contributed by atoms with Crippen LogP contribution < -0.4 is 10.2 Å². The lowest BCUT2D eigenvalue weighted by molar-refractivity contribution is 0.516. The molecule has 0 aromatic carbocycles. The molecule has 1 aromatic heterocycles. The minimum Gasteiger partial charge on any atom is -0.348 e. The second kappa shape index (κ2) is 7.60. The van der Waals surface area contributed by atoms with Crippen LogP contribution in [0.4, 0.5) is 5.82 Å². The van der Waals surface area contributed by atoms with Gasteiger partial charge in [-0.3, -0.25) is 0 Å². The van der Waals surface area contributed by atoms with Gasteiger partial charge in [0.05, 0.1) is 0 Å². The van der Waals surface area contributed by atoms with Gasteiger partial charge in [0.2, 0.25) is 0 Å². The van der Waals surface area contributed by atoms with Crippen LogP contribution in [0.5, 0.6) is 0 Å². The van der Waals surface area contributed by atoms with Crippen LogP contribution in [0, 0.1) is 12.8 Å². The van der Waals surface area contributed by atoms with Crippen LogP contribution in [0.2, 0.25) is 0 Å². The predicted molar refractivity (Wildman–Crippen MR) is 92.8 cm³/mol. The second-order valence-electron chi connectivity index (χ2n) is 7.07. The Hall–Kier alpha value is -1.35. The average molecular weight is 289 g/mol. The quantitative estimate of drug-likeness (QED) is 0.771. The van der Waals surface area contributed by atoms with E-state index in [9.17, 15) is 0 Å². The van der Waals surface area contributed by atoms with Crippen molar-refractivity contribution in [3.05, 3.63) is 36.0 Å². The minimum atomic E-state index is 0.0254. The molecule has 1 N–H and O–H groups in total. The lowest BCUT2D eigenvalue weighted by Gasteiger charge is -2.36. The van der Waals surface area contributed by atoms with Crippen LogP contribution in [0.25, 0.3) is 0 Å². The van der Waals surface area contributed by atoms with E-state index in [0.717, 1.165) is 31.1 Å². The second-order valence-corrected chi connectivity index (χ2v) is 7.07. The average Bonchev–Trinajstić information content (AvgIpc) is 2.33. The van der Waals surface area contributed by atoms with Crippen molar-refractivity contribution in [2.24, 2.45) is 5.92 Å². The summed E-state index contributed by atoms with van der Waals surface area (Å²) < 4.78 is 0. The number of hydrogen-bond acceptors (Lipinski definition) is 3. The summed E-state index contributed by atoms with van der Waals surface area (Å²) in [5.74, 6) is 1.70. The van der Waals surface area contributed by atoms with E-state index in [1.54, 1.807) is 0 Å². The highest BCUT2D eigenvalue weighted by Crippen LogP contribution is 2.23. The molecular weight excluding hydrogens is 258 g/mol. The van der Waals surface area contributed by atoms with E-state index < -0.39 is 0 Å². The molecule has 3 heteroatoms. The minimum absolute atomic E-state index is 0.0254. The van der Waals surface area contributed by atoms with Crippen molar-refractivity contribution in [1.82, 2.24) is 10.3 Å². The van der Waals surface area contributed by atoms with Crippen molar-refractivity contribution in [2.45, 2.75) is 53.6 Å². The molecule has 1 aromatic rings. The Balaban J connectivity index is 2.96. The predicted octanol–water partition coefficient (Wildman–Crippen LogP) is 3.93. The molecule has 0 saturated heterocycles. The van der Waals surface area contributed by atoms with Gasteiger partial charge in [-0.1, -0.05) is 19.9 Å². The van der Waals surface area contributed by atoms with Gasteiger partial charge in [0.1, 0.15) is 5.82 Å². The van der Waals surface area contributed by atoms with E-state index >= 15 is 0 Å². The summed E-state index contributed by atoms with van der Waals surface area (Å²) in [6, 6.07) is 4.35. The van der Waals surface area contributed by atoms with Gasteiger partial charge in [-0.05, 0) is 57.9 Å². The molecule has 0 aliphatic carbocycles. The number of hydrogen-bond donors (Lipinski definition) is 1. The summed E-state index contributed by atoms with van der Waals surface area (Å²) in [5.41, 5.74) is 2.38. The summed E-state index contributed by atoms with van der Waals surface area (Å²) in [4.78, 5) is 7.00. The molecule has 1 rings (SSSR count). The Bertz CT molecular complexity index is 458. The molecule has 0 unspecified atom stereocenters. The van der Waals surface area contributed by atoms with Crippen LogP contribution in [0.3, 0.4) is 0 Å². The number of rotatable bonds is 7. The van der Waals surface area contributed by atoms with Gasteiger partial charge >= 0.3 is 0 Å². The molecule has 0 bridgehead atoms. The standard InChI is InChI=1S/C18H31N3/c1-8-9-21(18(5,6)7)17-11-16(10-15(4)20-17)13-19-12-14(2)3/h8,10-11,14,19H,1,9,12-13H2,2-7H3. The molecule has 0 atom stereocenters. The van der Waals surface area contributed by atoms with Gasteiger partial charge in [-0.15, -0.1) is 6.58 Å². The van der Waals surface area contributed by atoms with Crippen LogP contribution in [-0.4, -0.2) is 23.6 Å². The number of aryl methyl sites for hydroxylation is 1. The number of nitrogens with zero attached hydrogens (tertiary/aromatic N) is 2. The molecule has 118 valence electrons. The molecular formula is C18H31N3. The highest BCUT2D eigenvalue weighted by atomic mass is 15.2. The number of anilines is 1. The third kappa shape index (κ3) is 5.88. The fourth-order valence-electron chi connectivity index (χ4n) is 2.31. The molecule has 3 nitrogen and oxygen atoms in total. The zero-order valence-electron chi connectivity index (χ0n) is 14.5. The molecule has 0 aliphatic heterocycles. The van der Waals surface area contributed by atoms with Crippen LogP contribution >= 0.6 is 0 Å². The van der Waals surface area contributed by atoms with Gasteiger partial charge < -0.3 is 10.2 Å². The summed E-state index contributed by atoms with van der Waals surface area (Å²) in [6.45, 7) is 19.7. The smallest absolute Gasteiger partial charge is 0.129 e. The van der Waals surface area contributed by atoms with Crippen molar-refractivity contribution in [1.29, 1.82) is 0 Å². The molecule has 0 saturated carbocycles. The maximum Gasteiger partial charge on any atom is 0.129 e. The Labute approximate surface area is 130 Å². The molecule has 0 amide bonds. The largest absolute Gasteiger partial charge is 0.348 e. The molecule has 21 heavy (non-hydrogen) atoms. The SMILES string of the molecule is C=CCN(c1cc(CNCC(C)C)cc(C)n1)C(C)(C)C. The van der Waals surface area contributed by atoms with Crippen LogP contribution in [-0.2, 0) is 6.54 Å². The van der Waals surface area contributed by atoms with Crippen molar-refractivity contribution in [2.75, 3.05) is 18.0 Å². The third-order valence-corrected chi connectivity index (χ3v) is 3.28. The molecule has 0 aliphatic rings. The van der Waals surface area contributed by atoms with Crippen LogP contribution in [0.15, 0.2) is 24.8 Å². The molecule has 0 fully saturated rings. The fraction of sp³-hybridized carbons (Fsp3) is 0.611. The first kappa shape index (κ1) is 17.7. The molecule has 0 spiro atoms. The maximum atomic E-state index is 4.71. The topological polar surface area (TPSA) is 28.2 Å². The Morgan fingerprint density at radius 1 is 1.33 bits per heavy atom.